The molecule has 4 rings (SSSR count). The normalized spacial score (nSPS) is 10.8. The molecule has 8 heteroatoms. The van der Waals surface area contributed by atoms with E-state index in [2.05, 4.69) is 10.4 Å². The van der Waals surface area contributed by atoms with Crippen LogP contribution >= 0.6 is 23.2 Å². The molecule has 6 nitrogen and oxygen atoms in total. The SMILES string of the molecule is O=C(NCc1ccc(Cl)cc1)N(c1ccc(Cl)cc1)c1ccc2c(cnn2O)c1. The third-order valence-corrected chi connectivity index (χ3v) is 4.94. The molecule has 0 aliphatic carbocycles. The van der Waals surface area contributed by atoms with Crippen molar-refractivity contribution in [2.45, 2.75) is 6.54 Å². The molecule has 0 fully saturated rings. The van der Waals surface area contributed by atoms with Crippen molar-refractivity contribution in [2.24, 2.45) is 0 Å². The fourth-order valence-electron chi connectivity index (χ4n) is 2.98. The lowest BCUT2D eigenvalue weighted by molar-refractivity contribution is 0.161. The number of carbonyl (C=O) groups excluding carboxylic acids is 1. The molecule has 0 spiro atoms. The van der Waals surface area contributed by atoms with Gasteiger partial charge >= 0.3 is 6.03 Å². The lowest BCUT2D eigenvalue weighted by atomic mass is 10.2. The highest BCUT2D eigenvalue weighted by Crippen LogP contribution is 2.29. The van der Waals surface area contributed by atoms with Crippen molar-refractivity contribution >= 4 is 51.5 Å². The Hall–Kier alpha value is -3.22. The van der Waals surface area contributed by atoms with Crippen LogP contribution in [0.2, 0.25) is 10.0 Å². The van der Waals surface area contributed by atoms with E-state index in [1.807, 2.05) is 12.1 Å². The van der Waals surface area contributed by atoms with Crippen LogP contribution in [0.1, 0.15) is 5.56 Å². The van der Waals surface area contributed by atoms with E-state index in [-0.39, 0.29) is 6.03 Å². The Morgan fingerprint density at radius 1 is 0.966 bits per heavy atom. The zero-order chi connectivity index (χ0) is 20.4. The quantitative estimate of drug-likeness (QED) is 0.415. The molecule has 0 saturated heterocycles. The molecule has 3 aromatic carbocycles. The second kappa shape index (κ2) is 8.03. The first-order chi connectivity index (χ1) is 14.0. The Labute approximate surface area is 176 Å². The highest BCUT2D eigenvalue weighted by atomic mass is 35.5. The molecule has 0 aliphatic heterocycles. The number of rotatable bonds is 4. The molecule has 0 saturated carbocycles. The van der Waals surface area contributed by atoms with Gasteiger partial charge in [-0.2, -0.15) is 0 Å². The Bertz CT molecular complexity index is 1160. The number of nitrogens with zero attached hydrogens (tertiary/aromatic N) is 3. The first-order valence-electron chi connectivity index (χ1n) is 8.76. The maximum absolute atomic E-state index is 13.1. The molecule has 146 valence electrons. The zero-order valence-corrected chi connectivity index (χ0v) is 16.6. The van der Waals surface area contributed by atoms with E-state index in [0.717, 1.165) is 10.4 Å². The molecule has 0 aliphatic rings. The molecule has 0 bridgehead atoms. The van der Waals surface area contributed by atoms with Crippen molar-refractivity contribution in [1.29, 1.82) is 0 Å². The number of hydrogen-bond donors (Lipinski definition) is 2. The number of hydrogen-bond acceptors (Lipinski definition) is 3. The number of nitrogens with one attached hydrogen (secondary N) is 1. The Morgan fingerprint density at radius 3 is 2.28 bits per heavy atom. The molecule has 1 aromatic heterocycles. The summed E-state index contributed by atoms with van der Waals surface area (Å²) >= 11 is 11.9. The van der Waals surface area contributed by atoms with Crippen molar-refractivity contribution in [1.82, 2.24) is 15.3 Å². The minimum Gasteiger partial charge on any atom is -0.411 e. The van der Waals surface area contributed by atoms with Gasteiger partial charge in [0, 0.05) is 22.0 Å². The van der Waals surface area contributed by atoms with Gasteiger partial charge in [-0.15, -0.1) is 9.94 Å². The summed E-state index contributed by atoms with van der Waals surface area (Å²) in [4.78, 5) is 15.4. The third kappa shape index (κ3) is 4.13. The van der Waals surface area contributed by atoms with Gasteiger partial charge in [-0.1, -0.05) is 35.3 Å². The average Bonchev–Trinajstić information content (AvgIpc) is 3.09. The molecule has 0 radical (unpaired) electrons. The molecule has 2 amide bonds. The average molecular weight is 427 g/mol. The Morgan fingerprint density at radius 2 is 1.59 bits per heavy atom. The number of fused-ring (bicyclic) bond motifs is 1. The van der Waals surface area contributed by atoms with Gasteiger partial charge in [-0.3, -0.25) is 4.90 Å². The molecule has 0 atom stereocenters. The predicted octanol–water partition coefficient (Wildman–Crippen LogP) is 5.63. The monoisotopic (exact) mass is 426 g/mol. The van der Waals surface area contributed by atoms with Gasteiger partial charge in [0.15, 0.2) is 0 Å². The smallest absolute Gasteiger partial charge is 0.326 e. The first kappa shape index (κ1) is 19.1. The van der Waals surface area contributed by atoms with E-state index in [1.165, 1.54) is 6.20 Å². The minimum atomic E-state index is -0.307. The van der Waals surface area contributed by atoms with Gasteiger partial charge in [0.2, 0.25) is 0 Å². The van der Waals surface area contributed by atoms with Crippen molar-refractivity contribution in [3.8, 4) is 0 Å². The summed E-state index contributed by atoms with van der Waals surface area (Å²) in [6.07, 6.45) is 1.53. The molecule has 0 unspecified atom stereocenters. The Kier molecular flexibility index (Phi) is 5.29. The van der Waals surface area contributed by atoms with E-state index >= 15 is 0 Å². The fraction of sp³-hybridized carbons (Fsp3) is 0.0476. The summed E-state index contributed by atoms with van der Waals surface area (Å²) in [6.45, 7) is 0.344. The number of carbonyl (C=O) groups is 1. The Balaban J connectivity index is 1.66. The van der Waals surface area contributed by atoms with Crippen LogP contribution in [0.25, 0.3) is 10.9 Å². The topological polar surface area (TPSA) is 70.4 Å². The minimum absolute atomic E-state index is 0.307. The third-order valence-electron chi connectivity index (χ3n) is 4.44. The summed E-state index contributed by atoms with van der Waals surface area (Å²) in [6, 6.07) is 19.2. The summed E-state index contributed by atoms with van der Waals surface area (Å²) in [5.74, 6) is 0. The van der Waals surface area contributed by atoms with E-state index in [4.69, 9.17) is 23.2 Å². The molecule has 4 aromatic rings. The maximum Gasteiger partial charge on any atom is 0.326 e. The van der Waals surface area contributed by atoms with Gasteiger partial charge < -0.3 is 10.5 Å². The first-order valence-corrected chi connectivity index (χ1v) is 9.52. The highest BCUT2D eigenvalue weighted by molar-refractivity contribution is 6.30. The van der Waals surface area contributed by atoms with Crippen LogP contribution in [-0.2, 0) is 6.54 Å². The standard InChI is InChI=1S/C21H16Cl2N4O2/c22-16-3-1-14(2-4-16)12-24-21(28)26(18-7-5-17(23)6-8-18)19-9-10-20-15(11-19)13-25-27(20)29/h1-11,13,29H,12H2,(H,24,28). The number of urea groups is 1. The molecule has 1 heterocycles. The van der Waals surface area contributed by atoms with Crippen LogP contribution in [0.15, 0.2) is 72.9 Å². The summed E-state index contributed by atoms with van der Waals surface area (Å²) < 4.78 is 0. The number of amides is 2. The van der Waals surface area contributed by atoms with E-state index in [9.17, 15) is 10.0 Å². The largest absolute Gasteiger partial charge is 0.411 e. The van der Waals surface area contributed by atoms with Crippen LogP contribution in [-0.4, -0.2) is 21.2 Å². The molecule has 2 N–H and O–H groups in total. The summed E-state index contributed by atoms with van der Waals surface area (Å²) in [7, 11) is 0. The fourth-order valence-corrected chi connectivity index (χ4v) is 3.23. The zero-order valence-electron chi connectivity index (χ0n) is 15.1. The highest BCUT2D eigenvalue weighted by Gasteiger charge is 2.19. The maximum atomic E-state index is 13.1. The lowest BCUT2D eigenvalue weighted by Crippen LogP contribution is -2.36. The number of benzene rings is 3. The van der Waals surface area contributed by atoms with E-state index in [0.29, 0.717) is 38.9 Å². The van der Waals surface area contributed by atoms with E-state index in [1.54, 1.807) is 59.5 Å². The molecule has 29 heavy (non-hydrogen) atoms. The van der Waals surface area contributed by atoms with Crippen molar-refractivity contribution in [3.05, 3.63) is 88.5 Å². The van der Waals surface area contributed by atoms with Crippen LogP contribution in [0.5, 0.6) is 0 Å². The van der Waals surface area contributed by atoms with Gasteiger partial charge in [-0.25, -0.2) is 4.79 Å². The number of anilines is 2. The number of halogens is 2. The van der Waals surface area contributed by atoms with Crippen molar-refractivity contribution in [3.63, 3.8) is 0 Å². The molecular weight excluding hydrogens is 411 g/mol. The van der Waals surface area contributed by atoms with Crippen molar-refractivity contribution < 1.29 is 10.0 Å². The lowest BCUT2D eigenvalue weighted by Gasteiger charge is -2.23. The van der Waals surface area contributed by atoms with Crippen LogP contribution in [0.3, 0.4) is 0 Å². The second-order valence-electron chi connectivity index (χ2n) is 6.37. The summed E-state index contributed by atoms with van der Waals surface area (Å²) in [5.41, 5.74) is 2.75. The van der Waals surface area contributed by atoms with Crippen LogP contribution in [0.4, 0.5) is 16.2 Å². The van der Waals surface area contributed by atoms with Gasteiger partial charge in [0.05, 0.1) is 17.6 Å². The van der Waals surface area contributed by atoms with Gasteiger partial charge in [-0.05, 0) is 60.2 Å². The van der Waals surface area contributed by atoms with E-state index < -0.39 is 0 Å². The van der Waals surface area contributed by atoms with Gasteiger partial charge in [0.25, 0.3) is 0 Å². The second-order valence-corrected chi connectivity index (χ2v) is 7.25. The van der Waals surface area contributed by atoms with Crippen molar-refractivity contribution in [2.75, 3.05) is 4.90 Å². The summed E-state index contributed by atoms with van der Waals surface area (Å²) in [5, 5.41) is 18.4. The van der Waals surface area contributed by atoms with Crippen LogP contribution < -0.4 is 10.2 Å². The predicted molar refractivity (Wildman–Crippen MR) is 114 cm³/mol. The molecular formula is C21H16Cl2N4O2. The number of aromatic nitrogens is 2. The van der Waals surface area contributed by atoms with Gasteiger partial charge in [0.1, 0.15) is 5.52 Å². The van der Waals surface area contributed by atoms with Crippen LogP contribution in [0, 0.1) is 0 Å².